The van der Waals surface area contributed by atoms with Crippen LogP contribution in [0.5, 0.6) is 17.2 Å². The van der Waals surface area contributed by atoms with Crippen LogP contribution in [0.1, 0.15) is 19.4 Å². The SMILES string of the molecule is CCOc1ccc(NC(=O)/C(C#N)=C/c2cc(Br)c(OCC(=O)Nc3ccc(F)cc3)c(OCC)c2)cc1. The fraction of sp³-hybridized carbons (Fsp3) is 0.179. The summed E-state index contributed by atoms with van der Waals surface area (Å²) in [5, 5.41) is 14.9. The van der Waals surface area contributed by atoms with Gasteiger partial charge >= 0.3 is 0 Å². The highest BCUT2D eigenvalue weighted by Gasteiger charge is 2.16. The number of rotatable bonds is 11. The van der Waals surface area contributed by atoms with Crippen LogP contribution in [-0.2, 0) is 9.59 Å². The van der Waals surface area contributed by atoms with E-state index in [2.05, 4.69) is 26.6 Å². The smallest absolute Gasteiger partial charge is 0.266 e. The first-order chi connectivity index (χ1) is 18.3. The molecular formula is C28H25BrFN3O5. The first-order valence-corrected chi connectivity index (χ1v) is 12.4. The van der Waals surface area contributed by atoms with Crippen molar-refractivity contribution in [2.75, 3.05) is 30.5 Å². The van der Waals surface area contributed by atoms with Crippen LogP contribution in [0.25, 0.3) is 6.08 Å². The molecule has 38 heavy (non-hydrogen) atoms. The minimum absolute atomic E-state index is 0.124. The average molecular weight is 582 g/mol. The third-order valence-electron chi connectivity index (χ3n) is 4.91. The highest BCUT2D eigenvalue weighted by molar-refractivity contribution is 9.10. The van der Waals surface area contributed by atoms with Crippen molar-refractivity contribution in [2.45, 2.75) is 13.8 Å². The number of amides is 2. The maximum atomic E-state index is 13.1. The molecule has 0 spiro atoms. The van der Waals surface area contributed by atoms with Gasteiger partial charge in [0.1, 0.15) is 23.2 Å². The first kappa shape index (κ1) is 28.2. The Morgan fingerprint density at radius 1 is 0.947 bits per heavy atom. The normalized spacial score (nSPS) is 10.8. The lowest BCUT2D eigenvalue weighted by Gasteiger charge is -2.15. The molecule has 0 bridgehead atoms. The van der Waals surface area contributed by atoms with Gasteiger partial charge in [-0.25, -0.2) is 4.39 Å². The molecule has 0 saturated heterocycles. The fourth-order valence-electron chi connectivity index (χ4n) is 3.26. The number of hydrogen-bond acceptors (Lipinski definition) is 6. The number of nitrogens with one attached hydrogen (secondary N) is 2. The summed E-state index contributed by atoms with van der Waals surface area (Å²) in [4.78, 5) is 25.0. The standard InChI is InChI=1S/C28H25BrFN3O5/c1-3-36-23-11-9-22(10-12-23)33-28(35)19(16-31)13-18-14-24(29)27(25(15-18)37-4-2)38-17-26(34)32-21-7-5-20(30)6-8-21/h5-15H,3-4,17H2,1-2H3,(H,32,34)(H,33,35)/b19-13+. The molecule has 0 saturated carbocycles. The summed E-state index contributed by atoms with van der Waals surface area (Å²) < 4.78 is 30.3. The van der Waals surface area contributed by atoms with Crippen molar-refractivity contribution in [1.82, 2.24) is 0 Å². The molecule has 0 unspecified atom stereocenters. The summed E-state index contributed by atoms with van der Waals surface area (Å²) in [6, 6.07) is 17.3. The van der Waals surface area contributed by atoms with Crippen LogP contribution in [0.4, 0.5) is 15.8 Å². The van der Waals surface area contributed by atoms with Gasteiger partial charge in [0.05, 0.1) is 17.7 Å². The Hall–Kier alpha value is -4.36. The Balaban J connectivity index is 1.74. The molecule has 0 aliphatic carbocycles. The second kappa shape index (κ2) is 13.8. The van der Waals surface area contributed by atoms with Crippen LogP contribution in [0, 0.1) is 17.1 Å². The van der Waals surface area contributed by atoms with E-state index in [-0.39, 0.29) is 17.9 Å². The van der Waals surface area contributed by atoms with Crippen molar-refractivity contribution in [3.05, 3.63) is 82.1 Å². The van der Waals surface area contributed by atoms with Crippen molar-refractivity contribution >= 4 is 45.2 Å². The van der Waals surface area contributed by atoms with E-state index >= 15 is 0 Å². The summed E-state index contributed by atoms with van der Waals surface area (Å²) in [6.07, 6.45) is 1.42. The summed E-state index contributed by atoms with van der Waals surface area (Å²) in [5.74, 6) is -0.185. The predicted octanol–water partition coefficient (Wildman–Crippen LogP) is 5.95. The van der Waals surface area contributed by atoms with E-state index in [9.17, 15) is 19.2 Å². The van der Waals surface area contributed by atoms with Gasteiger partial charge in [-0.15, -0.1) is 0 Å². The molecule has 0 aliphatic heterocycles. The van der Waals surface area contributed by atoms with Crippen LogP contribution in [0.15, 0.2) is 70.7 Å². The fourth-order valence-corrected chi connectivity index (χ4v) is 3.83. The van der Waals surface area contributed by atoms with Crippen LogP contribution in [0.3, 0.4) is 0 Å². The zero-order valence-electron chi connectivity index (χ0n) is 20.7. The van der Waals surface area contributed by atoms with E-state index in [1.807, 2.05) is 13.0 Å². The second-order valence-electron chi connectivity index (χ2n) is 7.69. The van der Waals surface area contributed by atoms with Crippen LogP contribution in [0.2, 0.25) is 0 Å². The highest BCUT2D eigenvalue weighted by atomic mass is 79.9. The molecule has 0 aromatic heterocycles. The van der Waals surface area contributed by atoms with E-state index in [1.165, 1.54) is 30.3 Å². The molecule has 196 valence electrons. The predicted molar refractivity (Wildman–Crippen MR) is 146 cm³/mol. The van der Waals surface area contributed by atoms with E-state index < -0.39 is 17.6 Å². The molecule has 0 fully saturated rings. The quantitative estimate of drug-likeness (QED) is 0.214. The van der Waals surface area contributed by atoms with Gasteiger partial charge in [0.15, 0.2) is 18.1 Å². The van der Waals surface area contributed by atoms with Crippen molar-refractivity contribution in [3.8, 4) is 23.3 Å². The number of carbonyl (C=O) groups is 2. The maximum absolute atomic E-state index is 13.1. The third kappa shape index (κ3) is 8.08. The molecule has 3 rings (SSSR count). The molecule has 3 aromatic rings. The largest absolute Gasteiger partial charge is 0.494 e. The number of halogens is 2. The number of nitriles is 1. The minimum Gasteiger partial charge on any atom is -0.494 e. The number of carbonyl (C=O) groups excluding carboxylic acids is 2. The zero-order valence-corrected chi connectivity index (χ0v) is 22.3. The number of nitrogens with zero attached hydrogens (tertiary/aromatic N) is 1. The molecule has 10 heteroatoms. The zero-order chi connectivity index (χ0) is 27.5. The van der Waals surface area contributed by atoms with Gasteiger partial charge in [0.25, 0.3) is 11.8 Å². The molecule has 0 radical (unpaired) electrons. The molecule has 3 aromatic carbocycles. The van der Waals surface area contributed by atoms with Crippen molar-refractivity contribution in [2.24, 2.45) is 0 Å². The van der Waals surface area contributed by atoms with E-state index in [1.54, 1.807) is 43.3 Å². The number of benzene rings is 3. The molecule has 8 nitrogen and oxygen atoms in total. The van der Waals surface area contributed by atoms with Gasteiger partial charge in [-0.2, -0.15) is 5.26 Å². The lowest BCUT2D eigenvalue weighted by atomic mass is 10.1. The van der Waals surface area contributed by atoms with Gasteiger partial charge in [-0.3, -0.25) is 9.59 Å². The lowest BCUT2D eigenvalue weighted by Crippen LogP contribution is -2.20. The molecular weight excluding hydrogens is 557 g/mol. The van der Waals surface area contributed by atoms with Gasteiger partial charge in [0.2, 0.25) is 0 Å². The third-order valence-corrected chi connectivity index (χ3v) is 5.50. The van der Waals surface area contributed by atoms with Crippen LogP contribution >= 0.6 is 15.9 Å². The number of ether oxygens (including phenoxy) is 3. The maximum Gasteiger partial charge on any atom is 0.266 e. The van der Waals surface area contributed by atoms with Crippen molar-refractivity contribution < 1.29 is 28.2 Å². The lowest BCUT2D eigenvalue weighted by molar-refractivity contribution is -0.118. The van der Waals surface area contributed by atoms with Crippen molar-refractivity contribution in [1.29, 1.82) is 5.26 Å². The number of anilines is 2. The molecule has 0 heterocycles. The van der Waals surface area contributed by atoms with Crippen LogP contribution < -0.4 is 24.8 Å². The van der Waals surface area contributed by atoms with Gasteiger partial charge in [0, 0.05) is 11.4 Å². The van der Waals surface area contributed by atoms with Gasteiger partial charge < -0.3 is 24.8 Å². The number of hydrogen-bond donors (Lipinski definition) is 2. The van der Waals surface area contributed by atoms with E-state index in [0.29, 0.717) is 46.1 Å². The molecule has 2 amide bonds. The summed E-state index contributed by atoms with van der Waals surface area (Å²) in [6.45, 7) is 4.16. The average Bonchev–Trinajstić information content (AvgIpc) is 2.89. The Morgan fingerprint density at radius 2 is 1.58 bits per heavy atom. The molecule has 2 N–H and O–H groups in total. The van der Waals surface area contributed by atoms with Gasteiger partial charge in [-0.1, -0.05) is 0 Å². The second-order valence-corrected chi connectivity index (χ2v) is 8.54. The Morgan fingerprint density at radius 3 is 2.21 bits per heavy atom. The monoisotopic (exact) mass is 581 g/mol. The van der Waals surface area contributed by atoms with Crippen molar-refractivity contribution in [3.63, 3.8) is 0 Å². The summed E-state index contributed by atoms with van der Waals surface area (Å²) >= 11 is 3.41. The Kier molecular flexibility index (Phi) is 10.3. The Bertz CT molecular complexity index is 1350. The molecule has 0 aliphatic rings. The molecule has 0 atom stereocenters. The van der Waals surface area contributed by atoms with Gasteiger partial charge in [-0.05, 0) is 102 Å². The van der Waals surface area contributed by atoms with E-state index in [0.717, 1.165) is 0 Å². The Labute approximate surface area is 228 Å². The topological polar surface area (TPSA) is 110 Å². The summed E-state index contributed by atoms with van der Waals surface area (Å²) in [7, 11) is 0. The first-order valence-electron chi connectivity index (χ1n) is 11.6. The van der Waals surface area contributed by atoms with E-state index in [4.69, 9.17) is 14.2 Å². The minimum atomic E-state index is -0.580. The van der Waals surface area contributed by atoms with Crippen LogP contribution in [-0.4, -0.2) is 31.6 Å². The highest BCUT2D eigenvalue weighted by Crippen LogP contribution is 2.37. The summed E-state index contributed by atoms with van der Waals surface area (Å²) in [5.41, 5.74) is 1.32.